The van der Waals surface area contributed by atoms with Gasteiger partial charge in [0.25, 0.3) is 5.91 Å². The van der Waals surface area contributed by atoms with E-state index in [0.29, 0.717) is 18.7 Å². The molecule has 0 atom stereocenters. The van der Waals surface area contributed by atoms with Crippen molar-refractivity contribution in [1.82, 2.24) is 9.88 Å². The third-order valence-electron chi connectivity index (χ3n) is 4.60. The summed E-state index contributed by atoms with van der Waals surface area (Å²) in [4.78, 5) is 12.8. The molecule has 3 nitrogen and oxygen atoms in total. The number of benzene rings is 3. The smallest absolute Gasteiger partial charge is 0.253 e. The molecule has 134 valence electrons. The average Bonchev–Trinajstić information content (AvgIpc) is 3.07. The Hall–Kier alpha value is -3.40. The molecule has 0 aliphatic carbocycles. The van der Waals surface area contributed by atoms with Gasteiger partial charge in [0.05, 0.1) is 5.56 Å². The molecule has 4 aromatic rings. The minimum Gasteiger partial charge on any atom is -0.348 e. The van der Waals surface area contributed by atoms with E-state index in [4.69, 9.17) is 0 Å². The van der Waals surface area contributed by atoms with Gasteiger partial charge in [-0.25, -0.2) is 4.39 Å². The Labute approximate surface area is 157 Å². The van der Waals surface area contributed by atoms with Crippen molar-refractivity contribution >= 4 is 16.8 Å². The van der Waals surface area contributed by atoms with Crippen LogP contribution in [-0.2, 0) is 13.1 Å². The Morgan fingerprint density at radius 1 is 0.852 bits per heavy atom. The zero-order chi connectivity index (χ0) is 18.6. The third-order valence-corrected chi connectivity index (χ3v) is 4.60. The van der Waals surface area contributed by atoms with Crippen LogP contribution in [0.25, 0.3) is 10.9 Å². The minimum absolute atomic E-state index is 0.137. The third kappa shape index (κ3) is 3.75. The van der Waals surface area contributed by atoms with Crippen LogP contribution in [0.15, 0.2) is 85.1 Å². The molecule has 0 saturated carbocycles. The first-order chi connectivity index (χ1) is 13.2. The largest absolute Gasteiger partial charge is 0.348 e. The molecule has 3 aromatic carbocycles. The lowest BCUT2D eigenvalue weighted by atomic mass is 10.1. The van der Waals surface area contributed by atoms with Crippen molar-refractivity contribution in [1.29, 1.82) is 0 Å². The van der Waals surface area contributed by atoms with E-state index < -0.39 is 0 Å². The Bertz CT molecular complexity index is 1070. The zero-order valence-electron chi connectivity index (χ0n) is 14.7. The summed E-state index contributed by atoms with van der Waals surface area (Å²) in [5.41, 5.74) is 3.70. The topological polar surface area (TPSA) is 34.0 Å². The van der Waals surface area contributed by atoms with Gasteiger partial charge in [0.1, 0.15) is 5.82 Å². The molecule has 1 N–H and O–H groups in total. The number of carbonyl (C=O) groups is 1. The van der Waals surface area contributed by atoms with Crippen LogP contribution < -0.4 is 5.32 Å². The fourth-order valence-corrected chi connectivity index (χ4v) is 3.22. The summed E-state index contributed by atoms with van der Waals surface area (Å²) in [5, 5.41) is 3.85. The molecule has 1 amide bonds. The summed E-state index contributed by atoms with van der Waals surface area (Å²) >= 11 is 0. The number of fused-ring (bicyclic) bond motifs is 1. The molecule has 0 radical (unpaired) electrons. The number of halogens is 1. The van der Waals surface area contributed by atoms with Crippen molar-refractivity contribution in [2.45, 2.75) is 13.1 Å². The number of hydrogen-bond donors (Lipinski definition) is 1. The van der Waals surface area contributed by atoms with Gasteiger partial charge in [0.2, 0.25) is 0 Å². The van der Waals surface area contributed by atoms with Crippen molar-refractivity contribution in [2.24, 2.45) is 0 Å². The van der Waals surface area contributed by atoms with E-state index in [-0.39, 0.29) is 11.7 Å². The summed E-state index contributed by atoms with van der Waals surface area (Å²) in [6.45, 7) is 1.06. The van der Waals surface area contributed by atoms with E-state index in [1.807, 2.05) is 48.7 Å². The highest BCUT2D eigenvalue weighted by Gasteiger charge is 2.14. The van der Waals surface area contributed by atoms with Crippen molar-refractivity contribution in [3.63, 3.8) is 0 Å². The highest BCUT2D eigenvalue weighted by molar-refractivity contribution is 6.07. The Morgan fingerprint density at radius 2 is 1.56 bits per heavy atom. The Balaban J connectivity index is 1.59. The van der Waals surface area contributed by atoms with Crippen LogP contribution in [0.2, 0.25) is 0 Å². The monoisotopic (exact) mass is 358 g/mol. The number of hydrogen-bond acceptors (Lipinski definition) is 1. The van der Waals surface area contributed by atoms with Crippen LogP contribution in [0.5, 0.6) is 0 Å². The van der Waals surface area contributed by atoms with Gasteiger partial charge in [-0.15, -0.1) is 0 Å². The molecule has 0 saturated heterocycles. The predicted octanol–water partition coefficient (Wildman–Crippen LogP) is 4.76. The molecule has 0 aliphatic heterocycles. The van der Waals surface area contributed by atoms with Crippen molar-refractivity contribution in [2.75, 3.05) is 0 Å². The number of carbonyl (C=O) groups excluding carboxylic acids is 1. The second kappa shape index (κ2) is 7.46. The van der Waals surface area contributed by atoms with Gasteiger partial charge in [-0.2, -0.15) is 0 Å². The van der Waals surface area contributed by atoms with Crippen molar-refractivity contribution < 1.29 is 9.18 Å². The first-order valence-corrected chi connectivity index (χ1v) is 8.85. The molecule has 0 aliphatic rings. The molecule has 1 aromatic heterocycles. The van der Waals surface area contributed by atoms with E-state index >= 15 is 0 Å². The Morgan fingerprint density at radius 3 is 2.33 bits per heavy atom. The second-order valence-electron chi connectivity index (χ2n) is 6.48. The van der Waals surface area contributed by atoms with Crippen LogP contribution in [0, 0.1) is 5.82 Å². The number of para-hydroxylation sites is 1. The molecule has 0 bridgehead atoms. The van der Waals surface area contributed by atoms with Gasteiger partial charge in [-0.1, -0.05) is 60.7 Å². The van der Waals surface area contributed by atoms with Crippen LogP contribution in [0.4, 0.5) is 4.39 Å². The maximum absolute atomic E-state index is 13.0. The molecule has 1 heterocycles. The fraction of sp³-hybridized carbons (Fsp3) is 0.0870. The highest BCUT2D eigenvalue weighted by Crippen LogP contribution is 2.22. The number of nitrogens with one attached hydrogen (secondary N) is 1. The normalized spacial score (nSPS) is 10.9. The first kappa shape index (κ1) is 17.0. The maximum Gasteiger partial charge on any atom is 0.253 e. The molecular weight excluding hydrogens is 339 g/mol. The maximum atomic E-state index is 13.0. The molecule has 0 fully saturated rings. The fourth-order valence-electron chi connectivity index (χ4n) is 3.22. The van der Waals surface area contributed by atoms with Crippen molar-refractivity contribution in [3.8, 4) is 0 Å². The molecular formula is C23H19FN2O. The zero-order valence-corrected chi connectivity index (χ0v) is 14.7. The lowest BCUT2D eigenvalue weighted by Gasteiger charge is -2.05. The van der Waals surface area contributed by atoms with E-state index in [0.717, 1.165) is 16.5 Å². The lowest BCUT2D eigenvalue weighted by Crippen LogP contribution is -2.22. The van der Waals surface area contributed by atoms with Crippen molar-refractivity contribution in [3.05, 3.63) is 108 Å². The lowest BCUT2D eigenvalue weighted by molar-refractivity contribution is 0.0952. The second-order valence-corrected chi connectivity index (χ2v) is 6.48. The molecule has 4 heteroatoms. The van der Waals surface area contributed by atoms with E-state index in [1.54, 1.807) is 12.1 Å². The number of amides is 1. The summed E-state index contributed by atoms with van der Waals surface area (Å²) in [7, 11) is 0. The number of aromatic nitrogens is 1. The standard InChI is InChI=1S/C23H19FN2O/c24-19-12-10-17(11-13-19)14-25-23(27)21-16-26(15-18-6-2-1-3-7-18)22-9-5-4-8-20(21)22/h1-13,16H,14-15H2,(H,25,27). The summed E-state index contributed by atoms with van der Waals surface area (Å²) in [5.74, 6) is -0.420. The SMILES string of the molecule is O=C(NCc1ccc(F)cc1)c1cn(Cc2ccccc2)c2ccccc12. The summed E-state index contributed by atoms with van der Waals surface area (Å²) in [6, 6.07) is 24.2. The first-order valence-electron chi connectivity index (χ1n) is 8.85. The number of rotatable bonds is 5. The number of nitrogens with zero attached hydrogens (tertiary/aromatic N) is 1. The van der Waals surface area contributed by atoms with Gasteiger partial charge in [0, 0.05) is 30.2 Å². The van der Waals surface area contributed by atoms with E-state index in [9.17, 15) is 9.18 Å². The average molecular weight is 358 g/mol. The van der Waals surface area contributed by atoms with Crippen LogP contribution in [-0.4, -0.2) is 10.5 Å². The van der Waals surface area contributed by atoms with Crippen LogP contribution in [0.1, 0.15) is 21.5 Å². The predicted molar refractivity (Wildman–Crippen MR) is 105 cm³/mol. The van der Waals surface area contributed by atoms with Crippen LogP contribution >= 0.6 is 0 Å². The molecule has 0 unspecified atom stereocenters. The highest BCUT2D eigenvalue weighted by atomic mass is 19.1. The molecule has 0 spiro atoms. The molecule has 4 rings (SSSR count). The quantitative estimate of drug-likeness (QED) is 0.548. The van der Waals surface area contributed by atoms with Gasteiger partial charge >= 0.3 is 0 Å². The van der Waals surface area contributed by atoms with Gasteiger partial charge < -0.3 is 9.88 Å². The summed E-state index contributed by atoms with van der Waals surface area (Å²) in [6.07, 6.45) is 1.90. The van der Waals surface area contributed by atoms with Gasteiger partial charge in [0.15, 0.2) is 0 Å². The minimum atomic E-state index is -0.283. The molecule has 27 heavy (non-hydrogen) atoms. The summed E-state index contributed by atoms with van der Waals surface area (Å²) < 4.78 is 15.1. The van der Waals surface area contributed by atoms with Crippen LogP contribution in [0.3, 0.4) is 0 Å². The van der Waals surface area contributed by atoms with E-state index in [1.165, 1.54) is 17.7 Å². The van der Waals surface area contributed by atoms with Gasteiger partial charge in [-0.3, -0.25) is 4.79 Å². The van der Waals surface area contributed by atoms with E-state index in [2.05, 4.69) is 22.0 Å². The van der Waals surface area contributed by atoms with Gasteiger partial charge in [-0.05, 0) is 29.3 Å². The Kier molecular flexibility index (Phi) is 4.71.